The molecule has 0 spiro atoms. The van der Waals surface area contributed by atoms with E-state index in [1.807, 2.05) is 24.3 Å². The number of hydrogen-bond acceptors (Lipinski definition) is 3. The van der Waals surface area contributed by atoms with E-state index in [2.05, 4.69) is 19.2 Å². The molecule has 1 aromatic carbocycles. The van der Waals surface area contributed by atoms with Crippen molar-refractivity contribution in [3.05, 3.63) is 29.8 Å². The van der Waals surface area contributed by atoms with Crippen LogP contribution in [-0.4, -0.2) is 18.6 Å². The molecule has 0 aliphatic heterocycles. The monoisotopic (exact) mass is 304 g/mol. The first-order valence-corrected chi connectivity index (χ1v) is 8.28. The fraction of sp³-hybridized carbons (Fsp3) is 0.611. The van der Waals surface area contributed by atoms with E-state index in [1.165, 1.54) is 0 Å². The van der Waals surface area contributed by atoms with Crippen LogP contribution in [0.15, 0.2) is 24.3 Å². The topological polar surface area (TPSA) is 64.3 Å². The molecule has 1 aliphatic carbocycles. The number of rotatable bonds is 7. The zero-order chi connectivity index (χ0) is 15.9. The lowest BCUT2D eigenvalue weighted by atomic mass is 10.00. The SMILES string of the molecule is CC(C)COc1cccc(CNC(=O)C[C@@H]2CCC[C@H]2N)c1. The number of carbonyl (C=O) groups is 1. The summed E-state index contributed by atoms with van der Waals surface area (Å²) in [5, 5.41) is 2.99. The van der Waals surface area contributed by atoms with E-state index in [4.69, 9.17) is 10.5 Å². The molecule has 0 heterocycles. The summed E-state index contributed by atoms with van der Waals surface area (Å²) in [7, 11) is 0. The van der Waals surface area contributed by atoms with Gasteiger partial charge in [-0.1, -0.05) is 32.4 Å². The summed E-state index contributed by atoms with van der Waals surface area (Å²) in [6, 6.07) is 8.10. The van der Waals surface area contributed by atoms with Gasteiger partial charge in [-0.3, -0.25) is 4.79 Å². The van der Waals surface area contributed by atoms with Crippen molar-refractivity contribution < 1.29 is 9.53 Å². The standard InChI is InChI=1S/C18H28N2O2/c1-13(2)12-22-16-7-3-5-14(9-16)11-20-18(21)10-15-6-4-8-17(15)19/h3,5,7,9,13,15,17H,4,6,8,10-12,19H2,1-2H3,(H,20,21)/t15-,17+/m0/s1. The van der Waals surface area contributed by atoms with Crippen LogP contribution in [0.1, 0.15) is 45.1 Å². The van der Waals surface area contributed by atoms with Gasteiger partial charge in [0, 0.05) is 19.0 Å². The molecule has 1 aromatic rings. The van der Waals surface area contributed by atoms with Crippen LogP contribution in [0.25, 0.3) is 0 Å². The Labute approximate surface area is 133 Å². The Bertz CT molecular complexity index is 488. The van der Waals surface area contributed by atoms with Crippen LogP contribution < -0.4 is 15.8 Å². The Kier molecular flexibility index (Phi) is 6.25. The van der Waals surface area contributed by atoms with Crippen molar-refractivity contribution in [1.82, 2.24) is 5.32 Å². The van der Waals surface area contributed by atoms with Crippen molar-refractivity contribution in [1.29, 1.82) is 0 Å². The molecule has 2 atom stereocenters. The lowest BCUT2D eigenvalue weighted by Gasteiger charge is -2.15. The molecule has 0 saturated heterocycles. The lowest BCUT2D eigenvalue weighted by molar-refractivity contribution is -0.122. The summed E-state index contributed by atoms with van der Waals surface area (Å²) < 4.78 is 5.71. The molecule has 1 saturated carbocycles. The maximum absolute atomic E-state index is 12.0. The normalized spacial score (nSPS) is 21.1. The van der Waals surface area contributed by atoms with E-state index in [1.54, 1.807) is 0 Å². The van der Waals surface area contributed by atoms with Gasteiger partial charge >= 0.3 is 0 Å². The van der Waals surface area contributed by atoms with Crippen LogP contribution in [0.2, 0.25) is 0 Å². The predicted molar refractivity (Wildman–Crippen MR) is 88.6 cm³/mol. The van der Waals surface area contributed by atoms with Crippen molar-refractivity contribution >= 4 is 5.91 Å². The second kappa shape index (κ2) is 8.18. The van der Waals surface area contributed by atoms with Gasteiger partial charge in [0.1, 0.15) is 5.75 Å². The van der Waals surface area contributed by atoms with Crippen LogP contribution in [0.3, 0.4) is 0 Å². The smallest absolute Gasteiger partial charge is 0.220 e. The molecule has 0 bridgehead atoms. The number of benzene rings is 1. The second-order valence-electron chi connectivity index (χ2n) is 6.69. The van der Waals surface area contributed by atoms with Crippen LogP contribution in [0.4, 0.5) is 0 Å². The molecule has 122 valence electrons. The maximum atomic E-state index is 12.0. The fourth-order valence-electron chi connectivity index (χ4n) is 2.84. The maximum Gasteiger partial charge on any atom is 0.220 e. The zero-order valence-electron chi connectivity index (χ0n) is 13.7. The molecule has 3 N–H and O–H groups in total. The Morgan fingerprint density at radius 2 is 2.23 bits per heavy atom. The Balaban J connectivity index is 1.78. The first-order chi connectivity index (χ1) is 10.5. The fourth-order valence-corrected chi connectivity index (χ4v) is 2.84. The largest absolute Gasteiger partial charge is 0.493 e. The molecule has 4 nitrogen and oxygen atoms in total. The summed E-state index contributed by atoms with van der Waals surface area (Å²) >= 11 is 0. The van der Waals surface area contributed by atoms with E-state index in [9.17, 15) is 4.79 Å². The second-order valence-corrected chi connectivity index (χ2v) is 6.69. The van der Waals surface area contributed by atoms with E-state index in [-0.39, 0.29) is 11.9 Å². The van der Waals surface area contributed by atoms with E-state index in [0.29, 0.717) is 31.4 Å². The number of nitrogens with two attached hydrogens (primary N) is 1. The molecular formula is C18H28N2O2. The van der Waals surface area contributed by atoms with Gasteiger partial charge in [0.25, 0.3) is 0 Å². The molecule has 2 rings (SSSR count). The predicted octanol–water partition coefficient (Wildman–Crippen LogP) is 2.86. The van der Waals surface area contributed by atoms with Crippen molar-refractivity contribution in [2.24, 2.45) is 17.6 Å². The molecule has 4 heteroatoms. The Hall–Kier alpha value is -1.55. The highest BCUT2D eigenvalue weighted by Gasteiger charge is 2.25. The summed E-state index contributed by atoms with van der Waals surface area (Å²) in [6.45, 7) is 5.49. The summed E-state index contributed by atoms with van der Waals surface area (Å²) in [4.78, 5) is 12.0. The number of ether oxygens (including phenoxy) is 1. The molecule has 1 fully saturated rings. The number of nitrogens with one attached hydrogen (secondary N) is 1. The van der Waals surface area contributed by atoms with Gasteiger partial charge in [-0.25, -0.2) is 0 Å². The molecule has 1 amide bonds. The van der Waals surface area contributed by atoms with E-state index in [0.717, 1.165) is 30.6 Å². The highest BCUT2D eigenvalue weighted by molar-refractivity contribution is 5.76. The third-order valence-corrected chi connectivity index (χ3v) is 4.14. The average molecular weight is 304 g/mol. The van der Waals surface area contributed by atoms with Crippen molar-refractivity contribution in [2.45, 2.75) is 52.1 Å². The average Bonchev–Trinajstić information content (AvgIpc) is 2.89. The van der Waals surface area contributed by atoms with Gasteiger partial charge in [0.05, 0.1) is 6.61 Å². The van der Waals surface area contributed by atoms with Crippen LogP contribution in [-0.2, 0) is 11.3 Å². The number of hydrogen-bond donors (Lipinski definition) is 2. The molecule has 1 aliphatic rings. The quantitative estimate of drug-likeness (QED) is 0.814. The van der Waals surface area contributed by atoms with Crippen molar-refractivity contribution in [3.63, 3.8) is 0 Å². The van der Waals surface area contributed by atoms with Gasteiger partial charge in [0.2, 0.25) is 5.91 Å². The lowest BCUT2D eigenvalue weighted by Crippen LogP contribution is -2.31. The molecule has 0 radical (unpaired) electrons. The Morgan fingerprint density at radius 1 is 1.41 bits per heavy atom. The summed E-state index contributed by atoms with van der Waals surface area (Å²) in [6.07, 6.45) is 3.82. The minimum absolute atomic E-state index is 0.0934. The number of carbonyl (C=O) groups excluding carboxylic acids is 1. The highest BCUT2D eigenvalue weighted by atomic mass is 16.5. The third-order valence-electron chi connectivity index (χ3n) is 4.14. The minimum Gasteiger partial charge on any atom is -0.493 e. The van der Waals surface area contributed by atoms with Gasteiger partial charge in [0.15, 0.2) is 0 Å². The van der Waals surface area contributed by atoms with Gasteiger partial charge in [-0.15, -0.1) is 0 Å². The van der Waals surface area contributed by atoms with Gasteiger partial charge in [-0.05, 0) is 42.4 Å². The van der Waals surface area contributed by atoms with Crippen molar-refractivity contribution in [2.75, 3.05) is 6.61 Å². The first-order valence-electron chi connectivity index (χ1n) is 8.28. The summed E-state index contributed by atoms with van der Waals surface area (Å²) in [5.41, 5.74) is 7.08. The van der Waals surface area contributed by atoms with E-state index < -0.39 is 0 Å². The minimum atomic E-state index is 0.0934. The van der Waals surface area contributed by atoms with Crippen LogP contribution >= 0.6 is 0 Å². The first kappa shape index (κ1) is 16.8. The highest BCUT2D eigenvalue weighted by Crippen LogP contribution is 2.26. The molecule has 22 heavy (non-hydrogen) atoms. The Morgan fingerprint density at radius 3 is 2.91 bits per heavy atom. The van der Waals surface area contributed by atoms with Crippen LogP contribution in [0, 0.1) is 11.8 Å². The zero-order valence-corrected chi connectivity index (χ0v) is 13.7. The van der Waals surface area contributed by atoms with Crippen LogP contribution in [0.5, 0.6) is 5.75 Å². The van der Waals surface area contributed by atoms with Crippen molar-refractivity contribution in [3.8, 4) is 5.75 Å². The molecule has 0 unspecified atom stereocenters. The molecule has 0 aromatic heterocycles. The van der Waals surface area contributed by atoms with Gasteiger partial charge in [-0.2, -0.15) is 0 Å². The van der Waals surface area contributed by atoms with Gasteiger partial charge < -0.3 is 15.8 Å². The number of amides is 1. The molecular weight excluding hydrogens is 276 g/mol. The van der Waals surface area contributed by atoms with E-state index >= 15 is 0 Å². The third kappa shape index (κ3) is 5.34. The summed E-state index contributed by atoms with van der Waals surface area (Å²) in [5.74, 6) is 1.80.